The molecular weight excluding hydrogens is 404 g/mol. The predicted molar refractivity (Wildman–Crippen MR) is 115 cm³/mol. The van der Waals surface area contributed by atoms with Crippen molar-refractivity contribution in [1.82, 2.24) is 4.98 Å². The van der Waals surface area contributed by atoms with Crippen LogP contribution in [0.1, 0.15) is 28.7 Å². The summed E-state index contributed by atoms with van der Waals surface area (Å²) in [7, 11) is -2.32. The van der Waals surface area contributed by atoms with E-state index in [0.717, 1.165) is 0 Å². The van der Waals surface area contributed by atoms with Crippen LogP contribution in [0.15, 0.2) is 66.7 Å². The molecule has 0 bridgehead atoms. The summed E-state index contributed by atoms with van der Waals surface area (Å²) < 4.78 is 32.4. The fourth-order valence-electron chi connectivity index (χ4n) is 3.03. The lowest BCUT2D eigenvalue weighted by Gasteiger charge is -2.26. The third-order valence-corrected chi connectivity index (χ3v) is 6.89. The van der Waals surface area contributed by atoms with Gasteiger partial charge >= 0.3 is 0 Å². The number of aromatic nitrogens is 1. The van der Waals surface area contributed by atoms with Gasteiger partial charge in [0.25, 0.3) is 0 Å². The van der Waals surface area contributed by atoms with Crippen LogP contribution < -0.4 is 9.04 Å². The summed E-state index contributed by atoms with van der Waals surface area (Å²) in [6.07, 6.45) is 0. The number of para-hydroxylation sites is 2. The maximum Gasteiger partial charge on any atom is 0.240 e. The molecule has 158 valence electrons. The van der Waals surface area contributed by atoms with E-state index in [1.165, 1.54) is 18.3 Å². The molecule has 1 aromatic heterocycles. The third kappa shape index (κ3) is 4.39. The van der Waals surface area contributed by atoms with E-state index in [1.807, 2.05) is 0 Å². The monoisotopic (exact) mass is 428 g/mol. The summed E-state index contributed by atoms with van der Waals surface area (Å²) in [6.45, 7) is 0.959. The summed E-state index contributed by atoms with van der Waals surface area (Å²) >= 11 is 0. The fourth-order valence-corrected chi connectivity index (χ4v) is 4.39. The number of hydrogen-bond donors (Lipinski definition) is 2. The van der Waals surface area contributed by atoms with E-state index in [1.54, 1.807) is 66.7 Å². The second-order valence-corrected chi connectivity index (χ2v) is 9.08. The molecule has 1 heterocycles. The number of methoxy groups -OCH3 is 1. The molecule has 0 aliphatic heterocycles. The van der Waals surface area contributed by atoms with Crippen LogP contribution in [0.5, 0.6) is 5.75 Å². The largest absolute Gasteiger partial charge is 0.496 e. The van der Waals surface area contributed by atoms with Crippen LogP contribution in [-0.2, 0) is 16.6 Å². The number of anilines is 1. The lowest BCUT2D eigenvalue weighted by molar-refractivity contribution is 0.103. The first-order chi connectivity index (χ1) is 14.4. The number of aliphatic hydroxyl groups excluding tert-OH is 1. The topological polar surface area (TPSA) is 99.7 Å². The molecule has 0 saturated heterocycles. The molecule has 1 atom stereocenters. The number of ketones is 1. The Kier molecular flexibility index (Phi) is 6.59. The minimum Gasteiger partial charge on any atom is -0.496 e. The van der Waals surface area contributed by atoms with E-state index in [2.05, 4.69) is 4.98 Å². The lowest BCUT2D eigenvalue weighted by Crippen LogP contribution is -2.39. The van der Waals surface area contributed by atoms with Crippen molar-refractivity contribution in [3.8, 4) is 5.75 Å². The van der Waals surface area contributed by atoms with Gasteiger partial charge in [0.15, 0.2) is 0 Å². The molecule has 3 rings (SSSR count). The minimum atomic E-state index is -3.82. The number of aliphatic hydroxyl groups is 1. The first-order valence-electron chi connectivity index (χ1n) is 9.41. The first-order valence-corrected chi connectivity index (χ1v) is 10.9. The van der Waals surface area contributed by atoms with E-state index < -0.39 is 21.9 Å². The predicted octanol–water partition coefficient (Wildman–Crippen LogP) is 2.97. The third-order valence-electron chi connectivity index (χ3n) is 4.77. The molecule has 0 spiro atoms. The molecule has 3 aromatic rings. The second kappa shape index (κ2) is 9.15. The normalized spacial score (nSPS) is 12.4. The summed E-state index contributed by atoms with van der Waals surface area (Å²) in [5.41, 5.74) is 1.76. The number of aromatic amines is 1. The summed E-state index contributed by atoms with van der Waals surface area (Å²) in [5, 5.41) is 8.44. The summed E-state index contributed by atoms with van der Waals surface area (Å²) in [4.78, 5) is 15.9. The van der Waals surface area contributed by atoms with Crippen LogP contribution >= 0.6 is 0 Å². The molecule has 1 unspecified atom stereocenters. The van der Waals surface area contributed by atoms with Crippen LogP contribution in [0.3, 0.4) is 0 Å². The maximum atomic E-state index is 13.0. The van der Waals surface area contributed by atoms with E-state index in [-0.39, 0.29) is 12.3 Å². The number of H-pyrrole nitrogens is 1. The zero-order valence-corrected chi connectivity index (χ0v) is 17.6. The molecule has 7 nitrogen and oxygen atoms in total. The van der Waals surface area contributed by atoms with Crippen molar-refractivity contribution >= 4 is 21.5 Å². The van der Waals surface area contributed by atoms with Gasteiger partial charge in [0.1, 0.15) is 11.0 Å². The molecule has 0 fully saturated rings. The Morgan fingerprint density at radius 3 is 2.40 bits per heavy atom. The molecule has 0 amide bonds. The highest BCUT2D eigenvalue weighted by atomic mass is 32.2. The van der Waals surface area contributed by atoms with Gasteiger partial charge in [-0.15, -0.1) is 0 Å². The van der Waals surface area contributed by atoms with Gasteiger partial charge in [-0.3, -0.25) is 9.10 Å². The molecule has 30 heavy (non-hydrogen) atoms. The zero-order valence-electron chi connectivity index (χ0n) is 16.8. The second-order valence-electron chi connectivity index (χ2n) is 6.81. The number of nitrogens with zero attached hydrogens (tertiary/aromatic N) is 1. The number of carbonyl (C=O) groups is 1. The first kappa shape index (κ1) is 21.6. The molecule has 0 aliphatic carbocycles. The highest BCUT2D eigenvalue weighted by molar-refractivity contribution is 7.93. The minimum absolute atomic E-state index is 0.00408. The lowest BCUT2D eigenvalue weighted by atomic mass is 10.1. The Bertz CT molecular complexity index is 1110. The molecule has 8 heteroatoms. The van der Waals surface area contributed by atoms with Gasteiger partial charge in [-0.05, 0) is 43.3 Å². The Labute approximate surface area is 176 Å². The summed E-state index contributed by atoms with van der Waals surface area (Å²) in [5.74, 6) is 0.209. The van der Waals surface area contributed by atoms with Crippen molar-refractivity contribution in [1.29, 1.82) is 0 Å². The molecular formula is C22H24N2O5S. The van der Waals surface area contributed by atoms with Gasteiger partial charge in [0.2, 0.25) is 15.8 Å². The SMILES string of the molecule is COc1ccccc1C(=O)c1ccc(CN(c2ccccc2)S(=O)(=O)C(C)CO)[nH]1. The van der Waals surface area contributed by atoms with Crippen LogP contribution in [0.4, 0.5) is 5.69 Å². The summed E-state index contributed by atoms with van der Waals surface area (Å²) in [6, 6.07) is 18.9. The number of benzene rings is 2. The van der Waals surface area contributed by atoms with Crippen molar-refractivity contribution in [2.24, 2.45) is 0 Å². The highest BCUT2D eigenvalue weighted by Crippen LogP contribution is 2.25. The molecule has 0 saturated carbocycles. The average Bonchev–Trinajstić information content (AvgIpc) is 3.25. The van der Waals surface area contributed by atoms with Gasteiger partial charge in [-0.25, -0.2) is 8.42 Å². The van der Waals surface area contributed by atoms with Gasteiger partial charge in [-0.1, -0.05) is 30.3 Å². The van der Waals surface area contributed by atoms with Crippen molar-refractivity contribution in [2.45, 2.75) is 18.7 Å². The number of rotatable bonds is 9. The van der Waals surface area contributed by atoms with Crippen molar-refractivity contribution in [3.63, 3.8) is 0 Å². The van der Waals surface area contributed by atoms with E-state index in [9.17, 15) is 18.3 Å². The van der Waals surface area contributed by atoms with E-state index in [4.69, 9.17) is 4.74 Å². The van der Waals surface area contributed by atoms with Gasteiger partial charge < -0.3 is 14.8 Å². The van der Waals surface area contributed by atoms with Crippen molar-refractivity contribution in [3.05, 3.63) is 83.7 Å². The Hall–Kier alpha value is -3.10. The number of carbonyl (C=O) groups excluding carboxylic acids is 1. The quantitative estimate of drug-likeness (QED) is 0.511. The Morgan fingerprint density at radius 2 is 1.73 bits per heavy atom. The van der Waals surface area contributed by atoms with Crippen LogP contribution in [0.25, 0.3) is 0 Å². The van der Waals surface area contributed by atoms with Crippen molar-refractivity contribution in [2.75, 3.05) is 18.0 Å². The van der Waals surface area contributed by atoms with Crippen molar-refractivity contribution < 1.29 is 23.1 Å². The number of sulfonamides is 1. The smallest absolute Gasteiger partial charge is 0.240 e. The van der Waals surface area contributed by atoms with Gasteiger partial charge in [-0.2, -0.15) is 0 Å². The van der Waals surface area contributed by atoms with E-state index >= 15 is 0 Å². The van der Waals surface area contributed by atoms with Gasteiger partial charge in [0.05, 0.1) is 37.2 Å². The Balaban J connectivity index is 1.92. The zero-order chi connectivity index (χ0) is 21.7. The number of nitrogens with one attached hydrogen (secondary N) is 1. The number of ether oxygens (including phenoxy) is 1. The molecule has 2 aromatic carbocycles. The van der Waals surface area contributed by atoms with Crippen LogP contribution in [0.2, 0.25) is 0 Å². The van der Waals surface area contributed by atoms with Gasteiger partial charge in [0, 0.05) is 5.69 Å². The number of hydrogen-bond acceptors (Lipinski definition) is 5. The average molecular weight is 429 g/mol. The van der Waals surface area contributed by atoms with Crippen LogP contribution in [0, 0.1) is 0 Å². The van der Waals surface area contributed by atoms with E-state index in [0.29, 0.717) is 28.4 Å². The fraction of sp³-hybridized carbons (Fsp3) is 0.227. The molecule has 0 radical (unpaired) electrons. The van der Waals surface area contributed by atoms with Crippen LogP contribution in [-0.4, -0.2) is 43.3 Å². The standard InChI is InChI=1S/C22H24N2O5S/c1-16(15-25)30(27,28)24(18-8-4-3-5-9-18)14-17-12-13-20(23-17)22(26)19-10-6-7-11-21(19)29-2/h3-13,16,23,25H,14-15H2,1-2H3. The highest BCUT2D eigenvalue weighted by Gasteiger charge is 2.29. The molecule has 0 aliphatic rings. The molecule has 2 N–H and O–H groups in total. The Morgan fingerprint density at radius 1 is 1.07 bits per heavy atom. The maximum absolute atomic E-state index is 13.0.